The lowest BCUT2D eigenvalue weighted by Crippen LogP contribution is -2.42. The Morgan fingerprint density at radius 3 is 3.00 bits per heavy atom. The van der Waals surface area contributed by atoms with E-state index in [4.69, 9.17) is 15.2 Å². The van der Waals surface area contributed by atoms with Gasteiger partial charge in [-0.3, -0.25) is 4.90 Å². The van der Waals surface area contributed by atoms with Gasteiger partial charge in [0.1, 0.15) is 5.75 Å². The van der Waals surface area contributed by atoms with E-state index in [0.29, 0.717) is 31.1 Å². The minimum atomic E-state index is 0. The number of benzene rings is 1. The van der Waals surface area contributed by atoms with Crippen LogP contribution in [0.1, 0.15) is 37.3 Å². The van der Waals surface area contributed by atoms with Gasteiger partial charge in [0.2, 0.25) is 0 Å². The highest BCUT2D eigenvalue weighted by molar-refractivity contribution is 14.0. The average molecular weight is 502 g/mol. The van der Waals surface area contributed by atoms with Crippen molar-refractivity contribution in [3.8, 4) is 5.75 Å². The molecule has 0 spiro atoms. The molecule has 2 aliphatic heterocycles. The first kappa shape index (κ1) is 23.2. The molecule has 1 aromatic carbocycles. The number of aliphatic imine (C=N–C) groups is 1. The van der Waals surface area contributed by atoms with Crippen LogP contribution in [0.4, 0.5) is 0 Å². The molecule has 2 fully saturated rings. The predicted molar refractivity (Wildman–Crippen MR) is 125 cm³/mol. The lowest BCUT2D eigenvalue weighted by atomic mass is 10.1. The first-order valence-electron chi connectivity index (χ1n) is 10.2. The van der Waals surface area contributed by atoms with E-state index in [2.05, 4.69) is 47.3 Å². The molecule has 28 heavy (non-hydrogen) atoms. The number of halogens is 1. The van der Waals surface area contributed by atoms with Crippen LogP contribution >= 0.6 is 24.0 Å². The number of likely N-dealkylation sites (tertiary alicyclic amines) is 1. The molecule has 1 aromatic rings. The van der Waals surface area contributed by atoms with Crippen molar-refractivity contribution < 1.29 is 9.47 Å². The van der Waals surface area contributed by atoms with Gasteiger partial charge in [-0.05, 0) is 50.9 Å². The highest BCUT2D eigenvalue weighted by Gasteiger charge is 2.22. The van der Waals surface area contributed by atoms with E-state index in [1.165, 1.54) is 24.9 Å². The van der Waals surface area contributed by atoms with Crippen LogP contribution in [0.5, 0.6) is 5.75 Å². The summed E-state index contributed by atoms with van der Waals surface area (Å²) in [5.74, 6) is 1.90. The summed E-state index contributed by atoms with van der Waals surface area (Å²) in [5.41, 5.74) is 8.36. The molecule has 3 rings (SSSR count). The second-order valence-electron chi connectivity index (χ2n) is 7.66. The molecule has 158 valence electrons. The minimum absolute atomic E-state index is 0. The lowest BCUT2D eigenvalue weighted by Gasteiger charge is -2.23. The molecule has 0 saturated carbocycles. The molecule has 2 saturated heterocycles. The van der Waals surface area contributed by atoms with E-state index >= 15 is 0 Å². The van der Waals surface area contributed by atoms with Crippen molar-refractivity contribution in [3.63, 3.8) is 0 Å². The highest BCUT2D eigenvalue weighted by Crippen LogP contribution is 2.23. The van der Waals surface area contributed by atoms with Gasteiger partial charge in [-0.25, -0.2) is 4.99 Å². The van der Waals surface area contributed by atoms with Crippen LogP contribution < -0.4 is 15.8 Å². The first-order valence-corrected chi connectivity index (χ1v) is 10.2. The van der Waals surface area contributed by atoms with Gasteiger partial charge in [-0.2, -0.15) is 0 Å². The van der Waals surface area contributed by atoms with Gasteiger partial charge in [0.15, 0.2) is 5.96 Å². The number of nitrogens with one attached hydrogen (secondary N) is 1. The van der Waals surface area contributed by atoms with Gasteiger partial charge >= 0.3 is 0 Å². The van der Waals surface area contributed by atoms with Gasteiger partial charge in [-0.15, -0.1) is 24.0 Å². The summed E-state index contributed by atoms with van der Waals surface area (Å²) in [5, 5.41) is 3.30. The van der Waals surface area contributed by atoms with E-state index in [-0.39, 0.29) is 24.0 Å². The second-order valence-corrected chi connectivity index (χ2v) is 7.66. The SMILES string of the molecule is CCN1CCCC1CNC(N)=NCc1ccc(C)cc1OCC1CCOC1.I. The average Bonchev–Trinajstić information content (AvgIpc) is 3.35. The van der Waals surface area contributed by atoms with Crippen molar-refractivity contribution in [1.82, 2.24) is 10.2 Å². The molecule has 3 N–H and O–H groups in total. The number of nitrogens with zero attached hydrogens (tertiary/aromatic N) is 2. The zero-order valence-corrected chi connectivity index (χ0v) is 19.5. The lowest BCUT2D eigenvalue weighted by molar-refractivity contribution is 0.166. The number of hydrogen-bond acceptors (Lipinski definition) is 4. The van der Waals surface area contributed by atoms with Gasteiger partial charge in [0.25, 0.3) is 0 Å². The number of hydrogen-bond donors (Lipinski definition) is 2. The Morgan fingerprint density at radius 2 is 2.25 bits per heavy atom. The second kappa shape index (κ2) is 11.8. The third kappa shape index (κ3) is 6.77. The number of nitrogens with two attached hydrogens (primary N) is 1. The quantitative estimate of drug-likeness (QED) is 0.325. The van der Waals surface area contributed by atoms with E-state index < -0.39 is 0 Å². The maximum absolute atomic E-state index is 6.10. The highest BCUT2D eigenvalue weighted by atomic mass is 127. The Balaban J connectivity index is 0.00000280. The van der Waals surface area contributed by atoms with Crippen LogP contribution in [-0.2, 0) is 11.3 Å². The number of likely N-dealkylation sites (N-methyl/N-ethyl adjacent to an activating group) is 1. The molecule has 2 atom stereocenters. The van der Waals surface area contributed by atoms with E-state index in [1.807, 2.05) is 0 Å². The summed E-state index contributed by atoms with van der Waals surface area (Å²) < 4.78 is 11.5. The van der Waals surface area contributed by atoms with Crippen molar-refractivity contribution in [2.75, 3.05) is 39.5 Å². The molecular weight excluding hydrogens is 467 g/mol. The molecule has 0 aliphatic carbocycles. The van der Waals surface area contributed by atoms with Gasteiger partial charge < -0.3 is 20.5 Å². The fraction of sp³-hybridized carbons (Fsp3) is 0.667. The minimum Gasteiger partial charge on any atom is -0.493 e. The third-order valence-electron chi connectivity index (χ3n) is 5.56. The Kier molecular flexibility index (Phi) is 9.81. The van der Waals surface area contributed by atoms with Gasteiger partial charge in [0, 0.05) is 30.7 Å². The van der Waals surface area contributed by atoms with Crippen LogP contribution in [-0.4, -0.2) is 56.4 Å². The molecule has 0 bridgehead atoms. The zero-order valence-electron chi connectivity index (χ0n) is 17.2. The maximum Gasteiger partial charge on any atom is 0.188 e. The molecule has 0 radical (unpaired) electrons. The topological polar surface area (TPSA) is 72.1 Å². The number of rotatable bonds is 8. The van der Waals surface area contributed by atoms with Crippen molar-refractivity contribution in [3.05, 3.63) is 29.3 Å². The molecule has 2 aliphatic rings. The zero-order chi connectivity index (χ0) is 19.1. The van der Waals surface area contributed by atoms with E-state index in [0.717, 1.165) is 44.0 Å². The Bertz CT molecular complexity index is 635. The number of ether oxygens (including phenoxy) is 2. The molecule has 7 heteroatoms. The molecule has 0 amide bonds. The molecule has 6 nitrogen and oxygen atoms in total. The summed E-state index contributed by atoms with van der Waals surface area (Å²) in [6.07, 6.45) is 3.58. The van der Waals surface area contributed by atoms with Gasteiger partial charge in [0.05, 0.1) is 19.8 Å². The standard InChI is InChI=1S/C21H34N4O2.HI/c1-3-25-9-4-5-19(25)13-24-21(22)23-12-18-7-6-16(2)11-20(18)27-15-17-8-10-26-14-17;/h6-7,11,17,19H,3-5,8-10,12-15H2,1-2H3,(H3,22,23,24);1H. The van der Waals surface area contributed by atoms with Crippen LogP contribution in [0.2, 0.25) is 0 Å². The summed E-state index contributed by atoms with van der Waals surface area (Å²) in [6.45, 7) is 10.3. The monoisotopic (exact) mass is 502 g/mol. The Labute approximate surface area is 186 Å². The summed E-state index contributed by atoms with van der Waals surface area (Å²) in [7, 11) is 0. The fourth-order valence-electron chi connectivity index (χ4n) is 3.84. The fourth-order valence-corrected chi connectivity index (χ4v) is 3.84. The Hall–Kier alpha value is -1.06. The van der Waals surface area contributed by atoms with Crippen LogP contribution in [0.25, 0.3) is 0 Å². The van der Waals surface area contributed by atoms with Crippen LogP contribution in [0.15, 0.2) is 23.2 Å². The Morgan fingerprint density at radius 1 is 1.39 bits per heavy atom. The van der Waals surface area contributed by atoms with Crippen molar-refractivity contribution in [2.45, 2.75) is 45.7 Å². The van der Waals surface area contributed by atoms with E-state index in [9.17, 15) is 0 Å². The third-order valence-corrected chi connectivity index (χ3v) is 5.56. The number of guanidine groups is 1. The molecule has 0 aromatic heterocycles. The largest absolute Gasteiger partial charge is 0.493 e. The summed E-state index contributed by atoms with van der Waals surface area (Å²) in [4.78, 5) is 7.04. The normalized spacial score (nSPS) is 22.9. The summed E-state index contributed by atoms with van der Waals surface area (Å²) >= 11 is 0. The van der Waals surface area contributed by atoms with Gasteiger partial charge in [-0.1, -0.05) is 19.1 Å². The van der Waals surface area contributed by atoms with Crippen LogP contribution in [0, 0.1) is 12.8 Å². The molecule has 2 heterocycles. The van der Waals surface area contributed by atoms with Crippen molar-refractivity contribution in [2.24, 2.45) is 16.6 Å². The number of aryl methyl sites for hydroxylation is 1. The molecular formula is C21H35IN4O2. The smallest absolute Gasteiger partial charge is 0.188 e. The summed E-state index contributed by atoms with van der Waals surface area (Å²) in [6, 6.07) is 6.83. The van der Waals surface area contributed by atoms with Crippen molar-refractivity contribution in [1.29, 1.82) is 0 Å². The van der Waals surface area contributed by atoms with Crippen LogP contribution in [0.3, 0.4) is 0 Å². The first-order chi connectivity index (χ1) is 13.2. The maximum atomic E-state index is 6.10. The van der Waals surface area contributed by atoms with E-state index in [1.54, 1.807) is 0 Å². The molecule has 2 unspecified atom stereocenters. The predicted octanol–water partition coefficient (Wildman–Crippen LogP) is 2.92. The van der Waals surface area contributed by atoms with Crippen molar-refractivity contribution >= 4 is 29.9 Å².